The Kier molecular flexibility index (Phi) is 4.17. The molecule has 0 fully saturated rings. The predicted molar refractivity (Wildman–Crippen MR) is 93.3 cm³/mol. The molecule has 0 bridgehead atoms. The zero-order valence-corrected chi connectivity index (χ0v) is 13.4. The van der Waals surface area contributed by atoms with Gasteiger partial charge in [-0.1, -0.05) is 12.1 Å². The number of nitrogens with zero attached hydrogens (tertiary/aromatic N) is 3. The van der Waals surface area contributed by atoms with E-state index < -0.39 is 11.9 Å². The third-order valence-corrected chi connectivity index (χ3v) is 3.65. The van der Waals surface area contributed by atoms with Crippen LogP contribution in [0.4, 0.5) is 10.5 Å². The average molecular weight is 336 g/mol. The smallest absolute Gasteiger partial charge is 0.316 e. The number of aryl methyl sites for hydroxylation is 1. The molecule has 0 aliphatic heterocycles. The van der Waals surface area contributed by atoms with Crippen molar-refractivity contribution in [3.05, 3.63) is 60.2 Å². The fourth-order valence-electron chi connectivity index (χ4n) is 2.53. The van der Waals surface area contributed by atoms with Crippen LogP contribution < -0.4 is 16.8 Å². The Balaban J connectivity index is 2.06. The highest BCUT2D eigenvalue weighted by Gasteiger charge is 2.16. The number of urea groups is 1. The molecule has 8 nitrogen and oxygen atoms in total. The van der Waals surface area contributed by atoms with Crippen LogP contribution in [-0.4, -0.2) is 26.7 Å². The second kappa shape index (κ2) is 6.44. The molecule has 2 heterocycles. The van der Waals surface area contributed by atoms with Crippen LogP contribution in [0.1, 0.15) is 16.1 Å². The van der Waals surface area contributed by atoms with Gasteiger partial charge in [-0.15, -0.1) is 0 Å². The molecule has 0 atom stereocenters. The Morgan fingerprint density at radius 3 is 2.68 bits per heavy atom. The number of anilines is 1. The maximum Gasteiger partial charge on any atom is 0.316 e. The van der Waals surface area contributed by atoms with E-state index in [0.29, 0.717) is 5.69 Å². The maximum absolute atomic E-state index is 11.5. The summed E-state index contributed by atoms with van der Waals surface area (Å²) in [5.41, 5.74) is 14.3. The molecule has 0 spiro atoms. The molecule has 0 aliphatic rings. The van der Waals surface area contributed by atoms with Gasteiger partial charge in [0.25, 0.3) is 5.91 Å². The quantitative estimate of drug-likeness (QED) is 0.671. The minimum Gasteiger partial charge on any atom is -0.364 e. The summed E-state index contributed by atoms with van der Waals surface area (Å²) in [6.07, 6.45) is 5.00. The lowest BCUT2D eigenvalue weighted by Crippen LogP contribution is -2.22. The fourth-order valence-corrected chi connectivity index (χ4v) is 2.53. The summed E-state index contributed by atoms with van der Waals surface area (Å²) in [6, 6.07) is 8.69. The zero-order valence-electron chi connectivity index (χ0n) is 13.4. The molecule has 3 aromatic rings. The summed E-state index contributed by atoms with van der Waals surface area (Å²) in [5, 5.41) is 6.50. The Bertz CT molecular complexity index is 963. The van der Waals surface area contributed by atoms with Gasteiger partial charge in [0.1, 0.15) is 0 Å². The maximum atomic E-state index is 11.5. The Labute approximate surface area is 143 Å². The first-order valence-corrected chi connectivity index (χ1v) is 7.43. The number of primary amides is 2. The molecule has 0 radical (unpaired) electrons. The Hall–Kier alpha value is -3.68. The lowest BCUT2D eigenvalue weighted by Gasteiger charge is -2.08. The molecule has 0 aliphatic carbocycles. The predicted octanol–water partition coefficient (Wildman–Crippen LogP) is 1.83. The molecule has 0 saturated heterocycles. The Morgan fingerprint density at radius 1 is 1.20 bits per heavy atom. The molecule has 3 rings (SSSR count). The lowest BCUT2D eigenvalue weighted by molar-refractivity contribution is 0.0996. The number of carbonyl (C=O) groups is 2. The first-order valence-electron chi connectivity index (χ1n) is 7.43. The van der Waals surface area contributed by atoms with Gasteiger partial charge in [-0.25, -0.2) is 9.48 Å². The monoisotopic (exact) mass is 336 g/mol. The number of rotatable bonds is 4. The van der Waals surface area contributed by atoms with Crippen molar-refractivity contribution >= 4 is 17.6 Å². The van der Waals surface area contributed by atoms with Crippen molar-refractivity contribution < 1.29 is 9.59 Å². The van der Waals surface area contributed by atoms with Crippen molar-refractivity contribution in [3.63, 3.8) is 0 Å². The molecule has 25 heavy (non-hydrogen) atoms. The van der Waals surface area contributed by atoms with Crippen molar-refractivity contribution in [3.8, 4) is 16.8 Å². The van der Waals surface area contributed by atoms with Gasteiger partial charge < -0.3 is 16.8 Å². The van der Waals surface area contributed by atoms with Crippen LogP contribution >= 0.6 is 0 Å². The number of benzene rings is 1. The molecule has 0 saturated carbocycles. The van der Waals surface area contributed by atoms with Gasteiger partial charge in [0.15, 0.2) is 5.69 Å². The standard InChI is InChI=1S/C17H16N6O2/c1-10-8-20-6-5-13(10)11-3-2-4-12(7-11)23-9-14(21-17(19)25)15(22-23)16(18)24/h2-9H,1H3,(H2,18,24)(H3,19,21,25). The van der Waals surface area contributed by atoms with Gasteiger partial charge in [0.2, 0.25) is 0 Å². The summed E-state index contributed by atoms with van der Waals surface area (Å²) in [5.74, 6) is -0.761. The highest BCUT2D eigenvalue weighted by Crippen LogP contribution is 2.25. The van der Waals surface area contributed by atoms with E-state index in [4.69, 9.17) is 11.5 Å². The van der Waals surface area contributed by atoms with Crippen LogP contribution in [-0.2, 0) is 0 Å². The number of hydrogen-bond donors (Lipinski definition) is 3. The molecular weight excluding hydrogens is 320 g/mol. The van der Waals surface area contributed by atoms with E-state index >= 15 is 0 Å². The van der Waals surface area contributed by atoms with Gasteiger partial charge in [0.05, 0.1) is 17.6 Å². The highest BCUT2D eigenvalue weighted by atomic mass is 16.2. The van der Waals surface area contributed by atoms with Crippen molar-refractivity contribution in [2.24, 2.45) is 11.5 Å². The third-order valence-electron chi connectivity index (χ3n) is 3.65. The normalized spacial score (nSPS) is 10.4. The van der Waals surface area contributed by atoms with Gasteiger partial charge in [0, 0.05) is 12.4 Å². The summed E-state index contributed by atoms with van der Waals surface area (Å²) >= 11 is 0. The molecule has 5 N–H and O–H groups in total. The molecule has 8 heteroatoms. The largest absolute Gasteiger partial charge is 0.364 e. The van der Waals surface area contributed by atoms with Gasteiger partial charge in [-0.05, 0) is 41.8 Å². The van der Waals surface area contributed by atoms with E-state index in [1.807, 2.05) is 37.3 Å². The van der Waals surface area contributed by atoms with Crippen LogP contribution in [0.2, 0.25) is 0 Å². The van der Waals surface area contributed by atoms with Gasteiger partial charge >= 0.3 is 6.03 Å². The van der Waals surface area contributed by atoms with E-state index in [-0.39, 0.29) is 11.4 Å². The number of hydrogen-bond acceptors (Lipinski definition) is 4. The summed E-state index contributed by atoms with van der Waals surface area (Å²) in [6.45, 7) is 1.98. The second-order valence-corrected chi connectivity index (χ2v) is 5.43. The van der Waals surface area contributed by atoms with Gasteiger partial charge in [-0.2, -0.15) is 5.10 Å². The van der Waals surface area contributed by atoms with E-state index in [1.165, 1.54) is 10.9 Å². The lowest BCUT2D eigenvalue weighted by atomic mass is 10.0. The van der Waals surface area contributed by atoms with E-state index in [0.717, 1.165) is 16.7 Å². The number of nitrogens with one attached hydrogen (secondary N) is 1. The number of aromatic nitrogens is 3. The third kappa shape index (κ3) is 3.32. The van der Waals surface area contributed by atoms with Crippen molar-refractivity contribution in [1.29, 1.82) is 0 Å². The van der Waals surface area contributed by atoms with E-state index in [9.17, 15) is 9.59 Å². The minimum atomic E-state index is -0.803. The first-order chi connectivity index (χ1) is 12.0. The van der Waals surface area contributed by atoms with E-state index in [2.05, 4.69) is 15.4 Å². The average Bonchev–Trinajstić information content (AvgIpc) is 2.99. The molecular formula is C17H16N6O2. The molecule has 2 aromatic heterocycles. The minimum absolute atomic E-state index is 0.0655. The summed E-state index contributed by atoms with van der Waals surface area (Å²) in [7, 11) is 0. The molecule has 126 valence electrons. The van der Waals surface area contributed by atoms with E-state index in [1.54, 1.807) is 12.4 Å². The van der Waals surface area contributed by atoms with Crippen LogP contribution in [0.3, 0.4) is 0 Å². The van der Waals surface area contributed by atoms with Crippen LogP contribution in [0.25, 0.3) is 16.8 Å². The molecule has 3 amide bonds. The second-order valence-electron chi connectivity index (χ2n) is 5.43. The van der Waals surface area contributed by atoms with Gasteiger partial charge in [-0.3, -0.25) is 9.78 Å². The highest BCUT2D eigenvalue weighted by molar-refractivity contribution is 6.00. The van der Waals surface area contributed by atoms with Crippen molar-refractivity contribution in [1.82, 2.24) is 14.8 Å². The number of carbonyl (C=O) groups excluding carboxylic acids is 2. The first kappa shape index (κ1) is 16.2. The van der Waals surface area contributed by atoms with Crippen LogP contribution in [0.5, 0.6) is 0 Å². The van der Waals surface area contributed by atoms with Crippen LogP contribution in [0, 0.1) is 6.92 Å². The SMILES string of the molecule is Cc1cnccc1-c1cccc(-n2cc(NC(N)=O)c(C(N)=O)n2)c1. The van der Waals surface area contributed by atoms with Crippen molar-refractivity contribution in [2.45, 2.75) is 6.92 Å². The fraction of sp³-hybridized carbons (Fsp3) is 0.0588. The zero-order chi connectivity index (χ0) is 18.0. The molecule has 1 aromatic carbocycles. The molecule has 0 unspecified atom stereocenters. The number of pyridine rings is 1. The topological polar surface area (TPSA) is 129 Å². The summed E-state index contributed by atoms with van der Waals surface area (Å²) in [4.78, 5) is 26.7. The number of amides is 3. The van der Waals surface area contributed by atoms with Crippen LogP contribution in [0.15, 0.2) is 48.9 Å². The Morgan fingerprint density at radius 2 is 2.00 bits per heavy atom. The number of nitrogens with two attached hydrogens (primary N) is 2. The summed E-state index contributed by atoms with van der Waals surface area (Å²) < 4.78 is 1.46. The van der Waals surface area contributed by atoms with Crippen molar-refractivity contribution in [2.75, 3.05) is 5.32 Å².